The number of carbonyl (C=O) groups excluding carboxylic acids is 1. The van der Waals surface area contributed by atoms with E-state index in [0.717, 1.165) is 6.07 Å². The maximum Gasteiger partial charge on any atom is 0.416 e. The molecule has 6 heteroatoms. The largest absolute Gasteiger partial charge is 0.424 e. The molecular weight excluding hydrogens is 271 g/mol. The van der Waals surface area contributed by atoms with Gasteiger partial charge in [-0.3, -0.25) is 4.79 Å². The highest BCUT2D eigenvalue weighted by molar-refractivity contribution is 5.91. The first-order valence-corrected chi connectivity index (χ1v) is 6.14. The van der Waals surface area contributed by atoms with Crippen LogP contribution in [0.4, 0.5) is 13.2 Å². The molecule has 0 aliphatic heterocycles. The number of hydrogen-bond acceptors (Lipinski definition) is 2. The van der Waals surface area contributed by atoms with Crippen molar-refractivity contribution in [3.05, 3.63) is 29.0 Å². The van der Waals surface area contributed by atoms with Crippen molar-refractivity contribution in [2.75, 3.05) is 0 Å². The third-order valence-electron chi connectivity index (χ3n) is 3.08. The number of rotatable bonds is 2. The molecule has 0 unspecified atom stereocenters. The SMILES string of the molecule is CCC(=O)Oc1c(C)[nH]c2cc(C(F)(F)F)c(C)cc12. The molecule has 3 nitrogen and oxygen atoms in total. The number of alkyl halides is 3. The minimum Gasteiger partial charge on any atom is -0.424 e. The van der Waals surface area contributed by atoms with Gasteiger partial charge in [0.2, 0.25) is 0 Å². The Morgan fingerprint density at radius 1 is 1.30 bits per heavy atom. The molecule has 20 heavy (non-hydrogen) atoms. The number of hydrogen-bond donors (Lipinski definition) is 1. The Labute approximate surface area is 113 Å². The van der Waals surface area contributed by atoms with Gasteiger partial charge in [0.1, 0.15) is 0 Å². The van der Waals surface area contributed by atoms with Crippen molar-refractivity contribution < 1.29 is 22.7 Å². The van der Waals surface area contributed by atoms with Crippen LogP contribution in [0.5, 0.6) is 5.75 Å². The maximum atomic E-state index is 12.8. The molecule has 0 aliphatic carbocycles. The second-order valence-corrected chi connectivity index (χ2v) is 4.62. The normalized spacial score (nSPS) is 11.9. The molecule has 1 heterocycles. The smallest absolute Gasteiger partial charge is 0.416 e. The molecule has 0 saturated carbocycles. The standard InChI is InChI=1S/C14H14F3NO2/c1-4-12(19)20-13-8(3)18-11-6-10(14(15,16)17)7(2)5-9(11)13/h5-6,18H,4H2,1-3H3. The van der Waals surface area contributed by atoms with Gasteiger partial charge in [-0.05, 0) is 31.5 Å². The van der Waals surface area contributed by atoms with Crippen LogP contribution < -0.4 is 4.74 Å². The number of aromatic amines is 1. The van der Waals surface area contributed by atoms with E-state index in [1.165, 1.54) is 13.0 Å². The van der Waals surface area contributed by atoms with Crippen LogP contribution in [0.15, 0.2) is 12.1 Å². The van der Waals surface area contributed by atoms with E-state index in [-0.39, 0.29) is 12.0 Å². The number of halogens is 3. The van der Waals surface area contributed by atoms with E-state index < -0.39 is 17.7 Å². The number of aryl methyl sites for hydroxylation is 2. The molecule has 0 radical (unpaired) electrons. The van der Waals surface area contributed by atoms with Gasteiger partial charge < -0.3 is 9.72 Å². The Hall–Kier alpha value is -1.98. The summed E-state index contributed by atoms with van der Waals surface area (Å²) in [5, 5.41) is 0.481. The van der Waals surface area contributed by atoms with Crippen LogP contribution in [0.3, 0.4) is 0 Å². The second kappa shape index (κ2) is 4.85. The molecule has 2 aromatic rings. The van der Waals surface area contributed by atoms with Crippen molar-refractivity contribution in [3.8, 4) is 5.75 Å². The van der Waals surface area contributed by atoms with E-state index in [1.807, 2.05) is 0 Å². The zero-order chi connectivity index (χ0) is 15.1. The molecule has 0 aliphatic rings. The van der Waals surface area contributed by atoms with Crippen LogP contribution >= 0.6 is 0 Å². The zero-order valence-corrected chi connectivity index (χ0v) is 11.3. The topological polar surface area (TPSA) is 42.1 Å². The predicted octanol–water partition coefficient (Wildman–Crippen LogP) is 4.12. The molecule has 2 rings (SSSR count). The molecule has 0 saturated heterocycles. The highest BCUT2D eigenvalue weighted by atomic mass is 19.4. The fourth-order valence-electron chi connectivity index (χ4n) is 2.08. The minimum atomic E-state index is -4.41. The van der Waals surface area contributed by atoms with Crippen LogP contribution in [-0.2, 0) is 11.0 Å². The Kier molecular flexibility index (Phi) is 3.50. The lowest BCUT2D eigenvalue weighted by atomic mass is 10.1. The van der Waals surface area contributed by atoms with Gasteiger partial charge in [-0.2, -0.15) is 13.2 Å². The van der Waals surface area contributed by atoms with E-state index in [4.69, 9.17) is 4.74 Å². The van der Waals surface area contributed by atoms with E-state index >= 15 is 0 Å². The highest BCUT2D eigenvalue weighted by Crippen LogP contribution is 2.37. The van der Waals surface area contributed by atoms with Crippen molar-refractivity contribution in [3.63, 3.8) is 0 Å². The second-order valence-electron chi connectivity index (χ2n) is 4.62. The van der Waals surface area contributed by atoms with Gasteiger partial charge in [-0.15, -0.1) is 0 Å². The summed E-state index contributed by atoms with van der Waals surface area (Å²) in [5.74, 6) is -0.129. The van der Waals surface area contributed by atoms with Crippen LogP contribution in [0.1, 0.15) is 30.2 Å². The number of H-pyrrole nitrogens is 1. The Balaban J connectivity index is 2.61. The summed E-state index contributed by atoms with van der Waals surface area (Å²) >= 11 is 0. The van der Waals surface area contributed by atoms with E-state index in [0.29, 0.717) is 22.3 Å². The molecule has 0 amide bonds. The van der Waals surface area contributed by atoms with E-state index in [9.17, 15) is 18.0 Å². The monoisotopic (exact) mass is 285 g/mol. The molecule has 0 spiro atoms. The van der Waals surface area contributed by atoms with Crippen molar-refractivity contribution in [1.29, 1.82) is 0 Å². The fraction of sp³-hybridized carbons (Fsp3) is 0.357. The maximum absolute atomic E-state index is 12.8. The summed E-state index contributed by atoms with van der Waals surface area (Å²) in [6.07, 6.45) is -4.21. The summed E-state index contributed by atoms with van der Waals surface area (Å²) in [6.45, 7) is 4.69. The van der Waals surface area contributed by atoms with Crippen molar-refractivity contribution in [2.24, 2.45) is 0 Å². The predicted molar refractivity (Wildman–Crippen MR) is 68.7 cm³/mol. The first-order chi connectivity index (χ1) is 9.24. The number of esters is 1. The fourth-order valence-corrected chi connectivity index (χ4v) is 2.08. The Morgan fingerprint density at radius 3 is 2.50 bits per heavy atom. The highest BCUT2D eigenvalue weighted by Gasteiger charge is 2.33. The van der Waals surface area contributed by atoms with Gasteiger partial charge in [0.15, 0.2) is 5.75 Å². The van der Waals surface area contributed by atoms with Gasteiger partial charge >= 0.3 is 12.1 Å². The third kappa shape index (κ3) is 2.50. The van der Waals surface area contributed by atoms with E-state index in [2.05, 4.69) is 4.98 Å². The van der Waals surface area contributed by atoms with Gasteiger partial charge in [-0.25, -0.2) is 0 Å². The Morgan fingerprint density at radius 2 is 1.95 bits per heavy atom. The molecule has 108 valence electrons. The minimum absolute atomic E-state index is 0.0952. The average Bonchev–Trinajstić information content (AvgIpc) is 2.63. The Bertz CT molecular complexity index is 671. The van der Waals surface area contributed by atoms with Crippen LogP contribution in [0.25, 0.3) is 10.9 Å². The van der Waals surface area contributed by atoms with E-state index in [1.54, 1.807) is 13.8 Å². The summed E-state index contributed by atoms with van der Waals surface area (Å²) in [4.78, 5) is 14.2. The van der Waals surface area contributed by atoms with Crippen molar-refractivity contribution >= 4 is 16.9 Å². The molecular formula is C14H14F3NO2. The van der Waals surface area contributed by atoms with Crippen LogP contribution in [0.2, 0.25) is 0 Å². The van der Waals surface area contributed by atoms with Gasteiger partial charge in [0, 0.05) is 11.8 Å². The molecule has 1 aromatic carbocycles. The van der Waals surface area contributed by atoms with Crippen molar-refractivity contribution in [1.82, 2.24) is 4.98 Å². The first-order valence-electron chi connectivity index (χ1n) is 6.14. The lowest BCUT2D eigenvalue weighted by Crippen LogP contribution is -2.07. The van der Waals surface area contributed by atoms with Gasteiger partial charge in [0.05, 0.1) is 16.8 Å². The number of benzene rings is 1. The quantitative estimate of drug-likeness (QED) is 0.843. The summed E-state index contributed by atoms with van der Waals surface area (Å²) in [7, 11) is 0. The number of nitrogens with one attached hydrogen (secondary N) is 1. The molecule has 0 atom stereocenters. The molecule has 0 bridgehead atoms. The summed E-state index contributed by atoms with van der Waals surface area (Å²) in [5.41, 5.74) is 0.234. The molecule has 1 aromatic heterocycles. The summed E-state index contributed by atoms with van der Waals surface area (Å²) < 4.78 is 43.7. The zero-order valence-electron chi connectivity index (χ0n) is 11.3. The number of ether oxygens (including phenoxy) is 1. The van der Waals surface area contributed by atoms with Crippen LogP contribution in [0, 0.1) is 13.8 Å². The van der Waals surface area contributed by atoms with Gasteiger partial charge in [0.25, 0.3) is 0 Å². The number of fused-ring (bicyclic) bond motifs is 1. The number of carbonyl (C=O) groups is 1. The summed E-state index contributed by atoms with van der Waals surface area (Å²) in [6, 6.07) is 2.43. The molecule has 1 N–H and O–H groups in total. The lowest BCUT2D eigenvalue weighted by molar-refractivity contribution is -0.138. The van der Waals surface area contributed by atoms with Crippen LogP contribution in [-0.4, -0.2) is 11.0 Å². The average molecular weight is 285 g/mol. The van der Waals surface area contributed by atoms with Crippen molar-refractivity contribution in [2.45, 2.75) is 33.4 Å². The lowest BCUT2D eigenvalue weighted by Gasteiger charge is -2.10. The molecule has 0 fully saturated rings. The van der Waals surface area contributed by atoms with Gasteiger partial charge in [-0.1, -0.05) is 6.92 Å². The first kappa shape index (κ1) is 14.4. The number of aromatic nitrogens is 1. The third-order valence-corrected chi connectivity index (χ3v) is 3.08.